The Labute approximate surface area is 241 Å². The lowest BCUT2D eigenvalue weighted by Crippen LogP contribution is -2.40. The molecule has 0 saturated carbocycles. The number of hydrogen-bond donors (Lipinski definition) is 0. The van der Waals surface area contributed by atoms with E-state index in [0.717, 1.165) is 6.42 Å². The van der Waals surface area contributed by atoms with Crippen LogP contribution in [0.15, 0.2) is 61.9 Å². The minimum absolute atomic E-state index is 0.0950. The molecule has 0 unspecified atom stereocenters. The first-order valence-corrected chi connectivity index (χ1v) is 14.0. The van der Waals surface area contributed by atoms with Crippen LogP contribution in [0.25, 0.3) is 6.08 Å². The highest BCUT2D eigenvalue weighted by Gasteiger charge is 2.34. The Morgan fingerprint density at radius 2 is 1.85 bits per heavy atom. The van der Waals surface area contributed by atoms with E-state index in [-0.39, 0.29) is 23.7 Å². The zero-order valence-corrected chi connectivity index (χ0v) is 24.6. The van der Waals surface area contributed by atoms with Crippen molar-refractivity contribution in [2.75, 3.05) is 20.8 Å². The molecule has 1 aromatic heterocycles. The number of carbonyl (C=O) groups excluding carboxylic acids is 1. The second-order valence-corrected chi connectivity index (χ2v) is 10.5. The van der Waals surface area contributed by atoms with Gasteiger partial charge in [0.2, 0.25) is 0 Å². The van der Waals surface area contributed by atoms with E-state index >= 15 is 0 Å². The predicted octanol–water partition coefficient (Wildman–Crippen LogP) is 4.96. The topological polar surface area (TPSA) is 88.4 Å². The number of thiazole rings is 1. The van der Waals surface area contributed by atoms with Crippen molar-refractivity contribution < 1.29 is 32.5 Å². The molecule has 0 bridgehead atoms. The smallest absolute Gasteiger partial charge is 0.387 e. The predicted molar refractivity (Wildman–Crippen MR) is 150 cm³/mol. The molecule has 0 saturated heterocycles. The third-order valence-corrected chi connectivity index (χ3v) is 7.69. The van der Waals surface area contributed by atoms with Gasteiger partial charge in [0.25, 0.3) is 5.56 Å². The van der Waals surface area contributed by atoms with Gasteiger partial charge >= 0.3 is 12.6 Å². The maximum Gasteiger partial charge on any atom is 0.387 e. The SMILES string of the molecule is CCCC1=C(C(=O)OCC)[C@@H](c2ccc(OC)c(Br)c2)n2c(s/c(=C/c3ccc(OC(F)F)c(OC)c3)c2=O)=N1. The molecule has 0 N–H and O–H groups in total. The Kier molecular flexibility index (Phi) is 9.41. The van der Waals surface area contributed by atoms with Gasteiger partial charge in [-0.1, -0.05) is 36.8 Å². The normalized spacial score (nSPS) is 15.1. The van der Waals surface area contributed by atoms with Crippen LogP contribution < -0.4 is 29.1 Å². The molecule has 40 heavy (non-hydrogen) atoms. The van der Waals surface area contributed by atoms with Crippen molar-refractivity contribution in [1.29, 1.82) is 0 Å². The summed E-state index contributed by atoms with van der Waals surface area (Å²) in [5.74, 6) is 0.0298. The number of ether oxygens (including phenoxy) is 4. The van der Waals surface area contributed by atoms with Gasteiger partial charge in [-0.3, -0.25) is 9.36 Å². The number of allylic oxidation sites excluding steroid dienone is 1. The molecule has 212 valence electrons. The fourth-order valence-electron chi connectivity index (χ4n) is 4.41. The van der Waals surface area contributed by atoms with Crippen molar-refractivity contribution in [3.8, 4) is 17.2 Å². The maximum absolute atomic E-state index is 13.9. The van der Waals surface area contributed by atoms with Crippen LogP contribution in [-0.2, 0) is 9.53 Å². The lowest BCUT2D eigenvalue weighted by atomic mass is 9.94. The van der Waals surface area contributed by atoms with Crippen LogP contribution in [0.2, 0.25) is 0 Å². The van der Waals surface area contributed by atoms with E-state index in [1.54, 1.807) is 38.3 Å². The van der Waals surface area contributed by atoms with Crippen LogP contribution in [0.1, 0.15) is 43.9 Å². The van der Waals surface area contributed by atoms with Crippen LogP contribution >= 0.6 is 27.3 Å². The van der Waals surface area contributed by atoms with Crippen molar-refractivity contribution in [1.82, 2.24) is 4.57 Å². The van der Waals surface area contributed by atoms with Crippen LogP contribution in [0.4, 0.5) is 8.78 Å². The summed E-state index contributed by atoms with van der Waals surface area (Å²) in [6.45, 7) is 0.859. The van der Waals surface area contributed by atoms with Crippen LogP contribution in [0.3, 0.4) is 0 Å². The van der Waals surface area contributed by atoms with E-state index in [9.17, 15) is 18.4 Å². The number of nitrogens with zero attached hydrogens (tertiary/aromatic N) is 2. The standard InChI is InChI=1S/C28H27BrF2N2O6S/c1-5-7-18-23(26(35)38-6-2)24(16-9-11-19(36-3)17(29)14-16)33-25(34)22(40-28(33)32-18)13-15-8-10-20(39-27(30)31)21(12-15)37-4/h8-14,24,27H,5-7H2,1-4H3/b22-13+/t24-/m1/s1. The Morgan fingerprint density at radius 3 is 2.48 bits per heavy atom. The molecule has 1 aliphatic heterocycles. The van der Waals surface area contributed by atoms with Gasteiger partial charge in [0.05, 0.1) is 47.1 Å². The number of hydrogen-bond acceptors (Lipinski definition) is 8. The van der Waals surface area contributed by atoms with Crippen molar-refractivity contribution in [2.45, 2.75) is 39.3 Å². The summed E-state index contributed by atoms with van der Waals surface area (Å²) in [5, 5.41) is 0. The molecule has 8 nitrogen and oxygen atoms in total. The third kappa shape index (κ3) is 5.97. The van der Waals surface area contributed by atoms with Gasteiger partial charge in [0, 0.05) is 0 Å². The fourth-order valence-corrected chi connectivity index (χ4v) is 5.99. The highest BCUT2D eigenvalue weighted by molar-refractivity contribution is 9.10. The quantitative estimate of drug-likeness (QED) is 0.292. The summed E-state index contributed by atoms with van der Waals surface area (Å²) in [7, 11) is 2.89. The lowest BCUT2D eigenvalue weighted by molar-refractivity contribution is -0.139. The third-order valence-electron chi connectivity index (χ3n) is 6.09. The van der Waals surface area contributed by atoms with E-state index in [2.05, 4.69) is 20.7 Å². The van der Waals surface area contributed by atoms with Gasteiger partial charge < -0.3 is 18.9 Å². The van der Waals surface area contributed by atoms with Gasteiger partial charge in [0.15, 0.2) is 16.3 Å². The number of rotatable bonds is 10. The Hall–Kier alpha value is -3.51. The summed E-state index contributed by atoms with van der Waals surface area (Å²) < 4.78 is 48.5. The van der Waals surface area contributed by atoms with Gasteiger partial charge in [-0.05, 0) is 70.7 Å². The minimum Gasteiger partial charge on any atom is -0.496 e. The molecular weight excluding hydrogens is 610 g/mol. The first kappa shape index (κ1) is 29.5. The molecule has 12 heteroatoms. The number of aromatic nitrogens is 1. The second-order valence-electron chi connectivity index (χ2n) is 8.60. The largest absolute Gasteiger partial charge is 0.496 e. The van der Waals surface area contributed by atoms with E-state index in [4.69, 9.17) is 19.2 Å². The minimum atomic E-state index is -3.01. The summed E-state index contributed by atoms with van der Waals surface area (Å²) >= 11 is 4.67. The molecule has 0 amide bonds. The summed E-state index contributed by atoms with van der Waals surface area (Å²) in [6, 6.07) is 8.96. The van der Waals surface area contributed by atoms with Crippen molar-refractivity contribution in [2.24, 2.45) is 4.99 Å². The molecule has 0 aliphatic carbocycles. The highest BCUT2D eigenvalue weighted by atomic mass is 79.9. The molecule has 0 radical (unpaired) electrons. The first-order chi connectivity index (χ1) is 19.2. The van der Waals surface area contributed by atoms with Crippen molar-refractivity contribution >= 4 is 39.3 Å². The number of fused-ring (bicyclic) bond motifs is 1. The van der Waals surface area contributed by atoms with Gasteiger partial charge in [-0.25, -0.2) is 9.79 Å². The Balaban J connectivity index is 1.94. The van der Waals surface area contributed by atoms with Crippen LogP contribution in [0, 0.1) is 0 Å². The molecule has 2 aromatic carbocycles. The van der Waals surface area contributed by atoms with Crippen LogP contribution in [0.5, 0.6) is 17.2 Å². The Morgan fingerprint density at radius 1 is 1.12 bits per heavy atom. The molecule has 1 aliphatic rings. The number of methoxy groups -OCH3 is 2. The molecule has 1 atom stereocenters. The van der Waals surface area contributed by atoms with E-state index in [1.807, 2.05) is 13.0 Å². The van der Waals surface area contributed by atoms with E-state index in [1.165, 1.54) is 35.1 Å². The average molecular weight is 637 g/mol. The molecule has 2 heterocycles. The zero-order chi connectivity index (χ0) is 29.0. The average Bonchev–Trinajstić information content (AvgIpc) is 3.22. The second kappa shape index (κ2) is 12.8. The summed E-state index contributed by atoms with van der Waals surface area (Å²) in [4.78, 5) is 32.3. The molecule has 4 rings (SSSR count). The number of alkyl halides is 2. The van der Waals surface area contributed by atoms with E-state index < -0.39 is 18.6 Å². The molecule has 3 aromatic rings. The van der Waals surface area contributed by atoms with Gasteiger partial charge in [-0.2, -0.15) is 8.78 Å². The lowest BCUT2D eigenvalue weighted by Gasteiger charge is -2.26. The zero-order valence-electron chi connectivity index (χ0n) is 22.2. The summed E-state index contributed by atoms with van der Waals surface area (Å²) in [5.41, 5.74) is 1.69. The number of esters is 1. The molecule has 0 fully saturated rings. The van der Waals surface area contributed by atoms with Gasteiger partial charge in [0.1, 0.15) is 5.75 Å². The van der Waals surface area contributed by atoms with E-state index in [0.29, 0.717) is 48.4 Å². The highest BCUT2D eigenvalue weighted by Crippen LogP contribution is 2.36. The Bertz CT molecular complexity index is 1630. The number of carbonyl (C=O) groups is 1. The first-order valence-electron chi connectivity index (χ1n) is 12.4. The van der Waals surface area contributed by atoms with Crippen LogP contribution in [-0.4, -0.2) is 38.0 Å². The van der Waals surface area contributed by atoms with Crippen molar-refractivity contribution in [3.05, 3.63) is 83.0 Å². The monoisotopic (exact) mass is 636 g/mol. The maximum atomic E-state index is 13.9. The number of benzene rings is 2. The van der Waals surface area contributed by atoms with Gasteiger partial charge in [-0.15, -0.1) is 0 Å². The molecule has 0 spiro atoms. The fraction of sp³-hybridized carbons (Fsp3) is 0.321. The number of halogens is 3. The van der Waals surface area contributed by atoms with Crippen molar-refractivity contribution in [3.63, 3.8) is 0 Å². The molecular formula is C28H27BrF2N2O6S. The summed E-state index contributed by atoms with van der Waals surface area (Å²) in [6.07, 6.45) is 2.85.